The predicted octanol–water partition coefficient (Wildman–Crippen LogP) is 1.37. The Hall–Kier alpha value is -1.32. The van der Waals surface area contributed by atoms with Gasteiger partial charge in [-0.1, -0.05) is 13.8 Å². The molecule has 4 heteroatoms. The van der Waals surface area contributed by atoms with E-state index >= 15 is 0 Å². The Morgan fingerprint density at radius 2 is 2.07 bits per heavy atom. The van der Waals surface area contributed by atoms with Crippen molar-refractivity contribution >= 4 is 5.91 Å². The van der Waals surface area contributed by atoms with E-state index in [0.717, 1.165) is 11.4 Å². The van der Waals surface area contributed by atoms with Crippen LogP contribution in [0, 0.1) is 13.8 Å². The Bertz CT molecular complexity index is 366. The van der Waals surface area contributed by atoms with Crippen molar-refractivity contribution in [1.29, 1.82) is 0 Å². The summed E-state index contributed by atoms with van der Waals surface area (Å²) < 4.78 is 1.77. The van der Waals surface area contributed by atoms with E-state index in [1.807, 2.05) is 13.8 Å². The van der Waals surface area contributed by atoms with Crippen molar-refractivity contribution in [2.24, 2.45) is 0 Å². The smallest absolute Gasteiger partial charge is 0.241 e. The van der Waals surface area contributed by atoms with Gasteiger partial charge >= 0.3 is 0 Å². The molecular formula is C11H19N3O. The monoisotopic (exact) mass is 209 g/mol. The van der Waals surface area contributed by atoms with Crippen LogP contribution in [0.25, 0.3) is 0 Å². The second-order valence-electron chi connectivity index (χ2n) is 4.07. The van der Waals surface area contributed by atoms with Crippen LogP contribution < -0.4 is 5.32 Å². The molecule has 1 heterocycles. The van der Waals surface area contributed by atoms with Crippen LogP contribution >= 0.6 is 0 Å². The Balaban J connectivity index is 3.01. The number of hydrogen-bond acceptors (Lipinski definition) is 2. The summed E-state index contributed by atoms with van der Waals surface area (Å²) in [5.41, 5.74) is 3.36. The van der Waals surface area contributed by atoms with Crippen LogP contribution in [0.2, 0.25) is 0 Å². The molecule has 1 rings (SSSR count). The number of carbonyl (C=O) groups excluding carboxylic acids is 1. The Morgan fingerprint density at radius 1 is 1.47 bits per heavy atom. The molecular weight excluding hydrogens is 190 g/mol. The van der Waals surface area contributed by atoms with Crippen LogP contribution in [-0.2, 0) is 11.3 Å². The molecule has 0 spiro atoms. The van der Waals surface area contributed by atoms with Crippen LogP contribution in [0.1, 0.15) is 36.7 Å². The summed E-state index contributed by atoms with van der Waals surface area (Å²) in [4.78, 5) is 11.3. The average molecular weight is 209 g/mol. The number of carbonyl (C=O) groups is 1. The van der Waals surface area contributed by atoms with E-state index < -0.39 is 0 Å². The van der Waals surface area contributed by atoms with Gasteiger partial charge in [0.05, 0.1) is 5.69 Å². The number of amides is 1. The first-order chi connectivity index (χ1) is 6.97. The van der Waals surface area contributed by atoms with Crippen molar-refractivity contribution in [3.8, 4) is 0 Å². The fraction of sp³-hybridized carbons (Fsp3) is 0.636. The lowest BCUT2D eigenvalue weighted by Crippen LogP contribution is -2.24. The van der Waals surface area contributed by atoms with Crippen LogP contribution in [-0.4, -0.2) is 22.7 Å². The zero-order valence-electron chi connectivity index (χ0n) is 10.1. The van der Waals surface area contributed by atoms with Gasteiger partial charge in [-0.2, -0.15) is 5.10 Å². The van der Waals surface area contributed by atoms with Gasteiger partial charge in [0, 0.05) is 12.7 Å². The fourth-order valence-corrected chi connectivity index (χ4v) is 1.92. The third kappa shape index (κ3) is 2.37. The van der Waals surface area contributed by atoms with Gasteiger partial charge < -0.3 is 5.32 Å². The number of rotatable bonds is 3. The van der Waals surface area contributed by atoms with Crippen molar-refractivity contribution in [3.05, 3.63) is 17.0 Å². The lowest BCUT2D eigenvalue weighted by molar-refractivity contribution is -0.121. The first kappa shape index (κ1) is 11.8. The topological polar surface area (TPSA) is 46.9 Å². The molecule has 1 N–H and O–H groups in total. The molecule has 0 unspecified atom stereocenters. The van der Waals surface area contributed by atoms with Crippen molar-refractivity contribution in [2.45, 2.75) is 40.2 Å². The zero-order valence-corrected chi connectivity index (χ0v) is 10.1. The number of hydrogen-bond donors (Lipinski definition) is 1. The average Bonchev–Trinajstić information content (AvgIpc) is 2.41. The summed E-state index contributed by atoms with van der Waals surface area (Å²) >= 11 is 0. The molecule has 84 valence electrons. The first-order valence-electron chi connectivity index (χ1n) is 5.21. The van der Waals surface area contributed by atoms with Crippen molar-refractivity contribution in [3.63, 3.8) is 0 Å². The minimum Gasteiger partial charge on any atom is -0.358 e. The number of nitrogens with one attached hydrogen (secondary N) is 1. The largest absolute Gasteiger partial charge is 0.358 e. The van der Waals surface area contributed by atoms with E-state index in [4.69, 9.17) is 0 Å². The number of nitrogens with zero attached hydrogens (tertiary/aromatic N) is 2. The van der Waals surface area contributed by atoms with Gasteiger partial charge in [0.2, 0.25) is 5.91 Å². The van der Waals surface area contributed by atoms with E-state index in [-0.39, 0.29) is 5.91 Å². The molecule has 0 aliphatic carbocycles. The zero-order chi connectivity index (χ0) is 11.6. The Kier molecular flexibility index (Phi) is 3.50. The van der Waals surface area contributed by atoms with Crippen LogP contribution in [0.3, 0.4) is 0 Å². The quantitative estimate of drug-likeness (QED) is 0.817. The maximum atomic E-state index is 11.3. The molecule has 1 aromatic heterocycles. The predicted molar refractivity (Wildman–Crippen MR) is 59.9 cm³/mol. The van der Waals surface area contributed by atoms with Crippen LogP contribution in [0.4, 0.5) is 0 Å². The van der Waals surface area contributed by atoms with Crippen molar-refractivity contribution in [2.75, 3.05) is 7.05 Å². The second-order valence-corrected chi connectivity index (χ2v) is 4.07. The molecule has 0 saturated heterocycles. The summed E-state index contributed by atoms with van der Waals surface area (Å²) in [5, 5.41) is 6.97. The SMILES string of the molecule is CNC(=O)Cn1nc(C)c(C(C)C)c1C. The van der Waals surface area contributed by atoms with Gasteiger partial charge in [-0.3, -0.25) is 9.48 Å². The molecule has 1 aromatic rings. The van der Waals surface area contributed by atoms with Gasteiger partial charge in [0.15, 0.2) is 0 Å². The minimum absolute atomic E-state index is 0.0177. The van der Waals surface area contributed by atoms with Crippen LogP contribution in [0.15, 0.2) is 0 Å². The van der Waals surface area contributed by atoms with Crippen molar-refractivity contribution in [1.82, 2.24) is 15.1 Å². The van der Waals surface area contributed by atoms with Gasteiger partial charge in [0.1, 0.15) is 6.54 Å². The standard InChI is InChI=1S/C11H19N3O/c1-7(2)11-8(3)13-14(9(11)4)6-10(15)12-5/h7H,6H2,1-5H3,(H,12,15). The van der Waals surface area contributed by atoms with Crippen molar-refractivity contribution < 1.29 is 4.79 Å². The molecule has 1 amide bonds. The maximum absolute atomic E-state index is 11.3. The molecule has 0 aromatic carbocycles. The molecule has 0 fully saturated rings. The van der Waals surface area contributed by atoms with E-state index in [1.54, 1.807) is 11.7 Å². The summed E-state index contributed by atoms with van der Waals surface area (Å²) in [6.07, 6.45) is 0. The molecule has 15 heavy (non-hydrogen) atoms. The van der Waals surface area contributed by atoms with E-state index in [0.29, 0.717) is 12.5 Å². The molecule has 0 radical (unpaired) electrons. The van der Waals surface area contributed by atoms with Gasteiger partial charge in [-0.25, -0.2) is 0 Å². The third-order valence-electron chi connectivity index (χ3n) is 2.59. The lowest BCUT2D eigenvalue weighted by atomic mass is 10.0. The maximum Gasteiger partial charge on any atom is 0.241 e. The summed E-state index contributed by atoms with van der Waals surface area (Å²) in [6.45, 7) is 8.58. The molecule has 4 nitrogen and oxygen atoms in total. The molecule has 0 aliphatic rings. The second kappa shape index (κ2) is 4.47. The summed E-state index contributed by atoms with van der Waals surface area (Å²) in [7, 11) is 1.64. The third-order valence-corrected chi connectivity index (χ3v) is 2.59. The summed E-state index contributed by atoms with van der Waals surface area (Å²) in [6, 6.07) is 0. The normalized spacial score (nSPS) is 10.8. The highest BCUT2D eigenvalue weighted by Gasteiger charge is 2.15. The molecule has 0 aliphatic heterocycles. The number of aryl methyl sites for hydroxylation is 1. The van der Waals surface area contributed by atoms with E-state index in [2.05, 4.69) is 24.3 Å². The van der Waals surface area contributed by atoms with Gasteiger partial charge in [-0.05, 0) is 25.3 Å². The highest BCUT2D eigenvalue weighted by molar-refractivity contribution is 5.75. The molecule has 0 bridgehead atoms. The van der Waals surface area contributed by atoms with E-state index in [1.165, 1.54) is 5.56 Å². The molecule has 0 saturated carbocycles. The van der Waals surface area contributed by atoms with Gasteiger partial charge in [-0.15, -0.1) is 0 Å². The highest BCUT2D eigenvalue weighted by Crippen LogP contribution is 2.22. The molecule has 0 atom stereocenters. The van der Waals surface area contributed by atoms with Gasteiger partial charge in [0.25, 0.3) is 0 Å². The highest BCUT2D eigenvalue weighted by atomic mass is 16.1. The lowest BCUT2D eigenvalue weighted by Gasteiger charge is -2.06. The minimum atomic E-state index is -0.0177. The van der Waals surface area contributed by atoms with Crippen LogP contribution in [0.5, 0.6) is 0 Å². The van der Waals surface area contributed by atoms with E-state index in [9.17, 15) is 4.79 Å². The Morgan fingerprint density at radius 3 is 2.47 bits per heavy atom. The fourth-order valence-electron chi connectivity index (χ4n) is 1.92. The number of aromatic nitrogens is 2. The Labute approximate surface area is 90.7 Å². The first-order valence-corrected chi connectivity index (χ1v) is 5.21. The summed E-state index contributed by atoms with van der Waals surface area (Å²) in [5.74, 6) is 0.430. The number of likely N-dealkylation sites (N-methyl/N-ethyl adjacent to an activating group) is 1.